The molecule has 0 aliphatic carbocycles. The zero-order valence-electron chi connectivity index (χ0n) is 19.6. The summed E-state index contributed by atoms with van der Waals surface area (Å²) in [6.07, 6.45) is 2.04. The molecule has 0 atom stereocenters. The second kappa shape index (κ2) is 11.1. The second-order valence-electron chi connectivity index (χ2n) is 9.27. The van der Waals surface area contributed by atoms with E-state index in [2.05, 4.69) is 0 Å². The van der Waals surface area contributed by atoms with Crippen LogP contribution in [0.1, 0.15) is 49.5 Å². The predicted molar refractivity (Wildman–Crippen MR) is 125 cm³/mol. The highest BCUT2D eigenvalue weighted by atomic mass is 16.6. The van der Waals surface area contributed by atoms with Crippen molar-refractivity contribution in [3.63, 3.8) is 0 Å². The van der Waals surface area contributed by atoms with Crippen LogP contribution in [-0.4, -0.2) is 54.0 Å². The van der Waals surface area contributed by atoms with Crippen molar-refractivity contribution < 1.29 is 28.9 Å². The van der Waals surface area contributed by atoms with Crippen molar-refractivity contribution in [1.82, 2.24) is 4.90 Å². The van der Waals surface area contributed by atoms with Gasteiger partial charge in [0.15, 0.2) is 11.5 Å². The smallest absolute Gasteiger partial charge is 0.410 e. The minimum Gasteiger partial charge on any atom is -0.489 e. The van der Waals surface area contributed by atoms with Crippen molar-refractivity contribution in [2.24, 2.45) is 5.92 Å². The Morgan fingerprint density at radius 3 is 2.33 bits per heavy atom. The molecule has 178 valence electrons. The fourth-order valence-corrected chi connectivity index (χ4v) is 3.61. The maximum atomic E-state index is 12.2. The first-order chi connectivity index (χ1) is 15.7. The Bertz CT molecular complexity index is 930. The largest absolute Gasteiger partial charge is 0.489 e. The molecule has 1 fully saturated rings. The molecule has 1 aliphatic heterocycles. The number of hydrogen-bond acceptors (Lipinski definition) is 5. The van der Waals surface area contributed by atoms with E-state index in [-0.39, 0.29) is 17.6 Å². The Kier molecular flexibility index (Phi) is 8.20. The highest BCUT2D eigenvalue weighted by Crippen LogP contribution is 2.30. The van der Waals surface area contributed by atoms with Crippen LogP contribution in [0.25, 0.3) is 0 Å². The van der Waals surface area contributed by atoms with Crippen LogP contribution in [0, 0.1) is 5.92 Å². The van der Waals surface area contributed by atoms with Gasteiger partial charge >= 0.3 is 12.1 Å². The van der Waals surface area contributed by atoms with Gasteiger partial charge in [-0.3, -0.25) is 0 Å². The van der Waals surface area contributed by atoms with Crippen molar-refractivity contribution in [3.8, 4) is 11.5 Å². The molecule has 0 unspecified atom stereocenters. The van der Waals surface area contributed by atoms with Gasteiger partial charge in [-0.2, -0.15) is 0 Å². The Morgan fingerprint density at radius 2 is 1.70 bits per heavy atom. The molecule has 0 radical (unpaired) electrons. The van der Waals surface area contributed by atoms with E-state index in [1.165, 1.54) is 17.7 Å². The van der Waals surface area contributed by atoms with Crippen LogP contribution in [0.15, 0.2) is 48.5 Å². The number of aromatic carboxylic acids is 1. The van der Waals surface area contributed by atoms with Crippen LogP contribution in [0.5, 0.6) is 11.5 Å². The third-order valence-electron chi connectivity index (χ3n) is 5.42. The molecule has 3 rings (SSSR count). The van der Waals surface area contributed by atoms with E-state index in [1.807, 2.05) is 51.1 Å². The molecule has 0 aromatic heterocycles. The number of carbonyl (C=O) groups is 2. The van der Waals surface area contributed by atoms with Gasteiger partial charge in [0.1, 0.15) is 5.60 Å². The Hall–Kier alpha value is -3.22. The second-order valence-corrected chi connectivity index (χ2v) is 9.27. The molecular formula is C26H33NO6. The lowest BCUT2D eigenvalue weighted by molar-refractivity contribution is 0.0164. The summed E-state index contributed by atoms with van der Waals surface area (Å²) in [5, 5.41) is 9.36. The van der Waals surface area contributed by atoms with Gasteiger partial charge < -0.3 is 24.2 Å². The van der Waals surface area contributed by atoms with E-state index in [0.717, 1.165) is 19.3 Å². The highest BCUT2D eigenvalue weighted by molar-refractivity contribution is 5.88. The molecule has 0 bridgehead atoms. The molecular weight excluding hydrogens is 422 g/mol. The van der Waals surface area contributed by atoms with Crippen LogP contribution in [0.4, 0.5) is 4.79 Å². The van der Waals surface area contributed by atoms with Gasteiger partial charge in [0, 0.05) is 19.5 Å². The summed E-state index contributed by atoms with van der Waals surface area (Å²) >= 11 is 0. The molecule has 1 heterocycles. The van der Waals surface area contributed by atoms with Gasteiger partial charge in [0.25, 0.3) is 0 Å². The minimum atomic E-state index is -1.01. The number of piperidine rings is 1. The molecule has 2 aromatic carbocycles. The van der Waals surface area contributed by atoms with Crippen molar-refractivity contribution >= 4 is 12.1 Å². The molecule has 33 heavy (non-hydrogen) atoms. The van der Waals surface area contributed by atoms with E-state index in [9.17, 15) is 14.7 Å². The predicted octanol–water partition coefficient (Wildman–Crippen LogP) is 5.03. The summed E-state index contributed by atoms with van der Waals surface area (Å²) in [5.74, 6) is 0.204. The quantitative estimate of drug-likeness (QED) is 0.601. The average molecular weight is 456 g/mol. The standard InChI is InChI=1S/C26H33NO6/c1-26(2,3)33-25(30)27-14-11-20(12-15-27)18-32-23-17-21(24(28)29)9-10-22(23)31-16-13-19-7-5-4-6-8-19/h4-10,17,20H,11-16,18H2,1-3H3,(H,28,29). The van der Waals surface area contributed by atoms with Gasteiger partial charge in [-0.05, 0) is 63.3 Å². The number of amides is 1. The highest BCUT2D eigenvalue weighted by Gasteiger charge is 2.27. The zero-order chi connectivity index (χ0) is 23.8. The molecule has 1 N–H and O–H groups in total. The lowest BCUT2D eigenvalue weighted by atomic mass is 9.98. The molecule has 2 aromatic rings. The number of carbonyl (C=O) groups excluding carboxylic acids is 1. The first-order valence-electron chi connectivity index (χ1n) is 11.4. The van der Waals surface area contributed by atoms with Crippen molar-refractivity contribution in [2.75, 3.05) is 26.3 Å². The van der Waals surface area contributed by atoms with Gasteiger partial charge in [-0.25, -0.2) is 9.59 Å². The topological polar surface area (TPSA) is 85.3 Å². The molecule has 0 saturated carbocycles. The van der Waals surface area contributed by atoms with Gasteiger partial charge in [0.05, 0.1) is 18.8 Å². The number of benzene rings is 2. The molecule has 7 heteroatoms. The first-order valence-corrected chi connectivity index (χ1v) is 11.4. The summed E-state index contributed by atoms with van der Waals surface area (Å²) < 4.78 is 17.4. The number of nitrogens with zero attached hydrogens (tertiary/aromatic N) is 1. The van der Waals surface area contributed by atoms with E-state index >= 15 is 0 Å². The first kappa shape index (κ1) is 24.4. The number of rotatable bonds is 8. The third kappa shape index (κ3) is 7.70. The van der Waals surface area contributed by atoms with Crippen LogP contribution in [0.2, 0.25) is 0 Å². The lowest BCUT2D eigenvalue weighted by Crippen LogP contribution is -2.42. The fraction of sp³-hybridized carbons (Fsp3) is 0.462. The summed E-state index contributed by atoms with van der Waals surface area (Å²) in [6.45, 7) is 7.68. The summed E-state index contributed by atoms with van der Waals surface area (Å²) in [7, 11) is 0. The Balaban J connectivity index is 1.55. The van der Waals surface area contributed by atoms with E-state index < -0.39 is 11.6 Å². The van der Waals surface area contributed by atoms with Crippen LogP contribution >= 0.6 is 0 Å². The normalized spacial score (nSPS) is 14.6. The number of hydrogen-bond donors (Lipinski definition) is 1. The monoisotopic (exact) mass is 455 g/mol. The van der Waals surface area contributed by atoms with Gasteiger partial charge in [-0.15, -0.1) is 0 Å². The molecule has 0 spiro atoms. The van der Waals surface area contributed by atoms with E-state index in [0.29, 0.717) is 37.8 Å². The third-order valence-corrected chi connectivity index (χ3v) is 5.42. The lowest BCUT2D eigenvalue weighted by Gasteiger charge is -2.33. The molecule has 1 aliphatic rings. The van der Waals surface area contributed by atoms with Crippen LogP contribution in [-0.2, 0) is 11.2 Å². The molecule has 1 saturated heterocycles. The van der Waals surface area contributed by atoms with Crippen LogP contribution in [0.3, 0.4) is 0 Å². The average Bonchev–Trinajstić information content (AvgIpc) is 2.78. The SMILES string of the molecule is CC(C)(C)OC(=O)N1CCC(COc2cc(C(=O)O)ccc2OCCc2ccccc2)CC1. The van der Waals surface area contributed by atoms with Gasteiger partial charge in [-0.1, -0.05) is 30.3 Å². The Morgan fingerprint density at radius 1 is 1.00 bits per heavy atom. The van der Waals surface area contributed by atoms with E-state index in [1.54, 1.807) is 11.0 Å². The number of carboxylic acid groups (broad SMARTS) is 1. The summed E-state index contributed by atoms with van der Waals surface area (Å²) in [4.78, 5) is 25.4. The fourth-order valence-electron chi connectivity index (χ4n) is 3.61. The van der Waals surface area contributed by atoms with Crippen molar-refractivity contribution in [2.45, 2.75) is 45.6 Å². The maximum Gasteiger partial charge on any atom is 0.410 e. The van der Waals surface area contributed by atoms with Crippen LogP contribution < -0.4 is 9.47 Å². The van der Waals surface area contributed by atoms with Crippen molar-refractivity contribution in [3.05, 3.63) is 59.7 Å². The number of likely N-dealkylation sites (tertiary alicyclic amines) is 1. The summed E-state index contributed by atoms with van der Waals surface area (Å²) in [5.41, 5.74) is 0.808. The number of ether oxygens (including phenoxy) is 3. The molecule has 7 nitrogen and oxygen atoms in total. The zero-order valence-corrected chi connectivity index (χ0v) is 19.6. The van der Waals surface area contributed by atoms with Crippen molar-refractivity contribution in [1.29, 1.82) is 0 Å². The Labute approximate surface area is 195 Å². The number of carboxylic acids is 1. The maximum absolute atomic E-state index is 12.2. The summed E-state index contributed by atoms with van der Waals surface area (Å²) in [6, 6.07) is 14.7. The minimum absolute atomic E-state index is 0.153. The molecule has 1 amide bonds. The van der Waals surface area contributed by atoms with E-state index in [4.69, 9.17) is 14.2 Å². The van der Waals surface area contributed by atoms with Gasteiger partial charge in [0.2, 0.25) is 0 Å².